The Hall–Kier alpha value is -2.36. The number of aromatic nitrogens is 1. The number of carbonyl (C=O) groups excluding carboxylic acids is 1. The van der Waals surface area contributed by atoms with Gasteiger partial charge in [0.2, 0.25) is 5.91 Å². The molecule has 0 spiro atoms. The van der Waals surface area contributed by atoms with E-state index in [0.717, 1.165) is 5.69 Å². The summed E-state index contributed by atoms with van der Waals surface area (Å²) in [6.07, 6.45) is 1.83. The number of nitrogens with one attached hydrogen (secondary N) is 1. The van der Waals surface area contributed by atoms with E-state index < -0.39 is 0 Å². The fraction of sp³-hybridized carbons (Fsp3) is 0.294. The number of anilines is 1. The minimum atomic E-state index is -0.106. The molecular formula is C17H21N3O. The number of hydrogen-bond donors (Lipinski definition) is 2. The van der Waals surface area contributed by atoms with Gasteiger partial charge in [0.15, 0.2) is 0 Å². The van der Waals surface area contributed by atoms with E-state index in [1.807, 2.05) is 18.2 Å². The molecule has 0 fully saturated rings. The lowest BCUT2D eigenvalue weighted by molar-refractivity contribution is -0.120. The zero-order chi connectivity index (χ0) is 15.3. The lowest BCUT2D eigenvalue weighted by Gasteiger charge is -2.25. The monoisotopic (exact) mass is 283 g/mol. The van der Waals surface area contributed by atoms with Gasteiger partial charge in [0.05, 0.1) is 18.3 Å². The zero-order valence-electron chi connectivity index (χ0n) is 12.5. The van der Waals surface area contributed by atoms with Crippen molar-refractivity contribution < 1.29 is 4.79 Å². The van der Waals surface area contributed by atoms with Gasteiger partial charge < -0.3 is 11.1 Å². The first-order chi connectivity index (χ1) is 9.97. The van der Waals surface area contributed by atoms with Crippen LogP contribution in [0.25, 0.3) is 0 Å². The van der Waals surface area contributed by atoms with E-state index in [1.54, 1.807) is 18.3 Å². The van der Waals surface area contributed by atoms with Crippen molar-refractivity contribution in [2.24, 2.45) is 0 Å². The average Bonchev–Trinajstić information content (AvgIpc) is 2.49. The Morgan fingerprint density at radius 3 is 2.52 bits per heavy atom. The van der Waals surface area contributed by atoms with Crippen LogP contribution in [-0.2, 0) is 16.6 Å². The molecule has 110 valence electrons. The Morgan fingerprint density at radius 1 is 1.19 bits per heavy atom. The molecule has 1 amide bonds. The number of nitrogens with two attached hydrogens (primary N) is 1. The van der Waals surface area contributed by atoms with Crippen LogP contribution < -0.4 is 11.1 Å². The molecule has 21 heavy (non-hydrogen) atoms. The van der Waals surface area contributed by atoms with E-state index in [1.165, 1.54) is 5.56 Å². The van der Waals surface area contributed by atoms with Gasteiger partial charge in [-0.15, -0.1) is 0 Å². The highest BCUT2D eigenvalue weighted by molar-refractivity contribution is 5.78. The molecule has 0 atom stereocenters. The Kier molecular flexibility index (Phi) is 4.58. The number of nitrogen functional groups attached to an aromatic ring is 1. The molecule has 0 saturated heterocycles. The summed E-state index contributed by atoms with van der Waals surface area (Å²) in [5, 5.41) is 2.97. The van der Waals surface area contributed by atoms with E-state index in [9.17, 15) is 4.79 Å². The summed E-state index contributed by atoms with van der Waals surface area (Å²) in [5.41, 5.74) is 8.00. The molecular weight excluding hydrogens is 262 g/mol. The number of benzene rings is 1. The van der Waals surface area contributed by atoms with Crippen LogP contribution >= 0.6 is 0 Å². The molecule has 0 aliphatic heterocycles. The molecule has 2 rings (SSSR count). The summed E-state index contributed by atoms with van der Waals surface area (Å²) in [4.78, 5) is 16.1. The average molecular weight is 283 g/mol. The number of pyridine rings is 1. The molecule has 2 aromatic rings. The van der Waals surface area contributed by atoms with Gasteiger partial charge in [0, 0.05) is 17.7 Å². The molecule has 1 heterocycles. The lowest BCUT2D eigenvalue weighted by Crippen LogP contribution is -2.37. The molecule has 0 radical (unpaired) electrons. The first kappa shape index (κ1) is 15.0. The fourth-order valence-corrected chi connectivity index (χ4v) is 2.08. The first-order valence-corrected chi connectivity index (χ1v) is 7.00. The topological polar surface area (TPSA) is 68.0 Å². The van der Waals surface area contributed by atoms with Crippen LogP contribution in [0.2, 0.25) is 0 Å². The Morgan fingerprint density at radius 2 is 1.90 bits per heavy atom. The van der Waals surface area contributed by atoms with Crippen molar-refractivity contribution in [1.29, 1.82) is 0 Å². The summed E-state index contributed by atoms with van der Waals surface area (Å²) in [7, 11) is 0. The molecule has 4 nitrogen and oxygen atoms in total. The van der Waals surface area contributed by atoms with E-state index in [4.69, 9.17) is 5.73 Å². The van der Waals surface area contributed by atoms with E-state index in [2.05, 4.69) is 36.3 Å². The number of nitrogens with zero attached hydrogens (tertiary/aromatic N) is 1. The summed E-state index contributed by atoms with van der Waals surface area (Å²) in [5.74, 6) is -0.0312. The maximum absolute atomic E-state index is 12.0. The van der Waals surface area contributed by atoms with Gasteiger partial charge in [-0.3, -0.25) is 9.78 Å². The second kappa shape index (κ2) is 6.39. The molecule has 0 aliphatic rings. The van der Waals surface area contributed by atoms with Crippen molar-refractivity contribution in [1.82, 2.24) is 10.3 Å². The Balaban J connectivity index is 1.90. The summed E-state index contributed by atoms with van der Waals surface area (Å²) in [6, 6.07) is 13.7. The maximum Gasteiger partial charge on any atom is 0.226 e. The minimum absolute atomic E-state index is 0.0312. The zero-order valence-corrected chi connectivity index (χ0v) is 12.5. The summed E-state index contributed by atoms with van der Waals surface area (Å²) >= 11 is 0. The number of amides is 1. The van der Waals surface area contributed by atoms with Crippen molar-refractivity contribution in [3.8, 4) is 0 Å². The minimum Gasteiger partial charge on any atom is -0.397 e. The second-order valence-corrected chi connectivity index (χ2v) is 5.79. The van der Waals surface area contributed by atoms with Crippen molar-refractivity contribution in [3.05, 3.63) is 59.9 Å². The normalized spacial score (nSPS) is 11.1. The first-order valence-electron chi connectivity index (χ1n) is 7.00. The van der Waals surface area contributed by atoms with Gasteiger partial charge in [-0.1, -0.05) is 44.2 Å². The largest absolute Gasteiger partial charge is 0.397 e. The Labute approximate surface area is 125 Å². The Bertz CT molecular complexity index is 591. The molecule has 0 bridgehead atoms. The highest BCUT2D eigenvalue weighted by Gasteiger charge is 2.21. The van der Waals surface area contributed by atoms with Gasteiger partial charge in [-0.25, -0.2) is 0 Å². The quantitative estimate of drug-likeness (QED) is 0.884. The van der Waals surface area contributed by atoms with Crippen LogP contribution in [0.5, 0.6) is 0 Å². The van der Waals surface area contributed by atoms with E-state index >= 15 is 0 Å². The van der Waals surface area contributed by atoms with Gasteiger partial charge in [0.1, 0.15) is 0 Å². The molecule has 1 aromatic carbocycles. The third-order valence-electron chi connectivity index (χ3n) is 3.47. The summed E-state index contributed by atoms with van der Waals surface area (Å²) < 4.78 is 0. The van der Waals surface area contributed by atoms with Crippen LogP contribution in [0.3, 0.4) is 0 Å². The fourth-order valence-electron chi connectivity index (χ4n) is 2.08. The van der Waals surface area contributed by atoms with Crippen LogP contribution in [0.4, 0.5) is 5.69 Å². The number of hydrogen-bond acceptors (Lipinski definition) is 3. The molecule has 4 heteroatoms. The smallest absolute Gasteiger partial charge is 0.226 e. The van der Waals surface area contributed by atoms with Crippen molar-refractivity contribution in [2.75, 3.05) is 12.3 Å². The third-order valence-corrected chi connectivity index (χ3v) is 3.47. The number of carbonyl (C=O) groups is 1. The third kappa shape index (κ3) is 4.31. The highest BCUT2D eigenvalue weighted by Crippen LogP contribution is 2.21. The summed E-state index contributed by atoms with van der Waals surface area (Å²) in [6.45, 7) is 4.82. The van der Waals surface area contributed by atoms with Crippen molar-refractivity contribution in [3.63, 3.8) is 0 Å². The molecule has 1 aromatic heterocycles. The van der Waals surface area contributed by atoms with Gasteiger partial charge >= 0.3 is 0 Å². The predicted molar refractivity (Wildman–Crippen MR) is 84.8 cm³/mol. The molecule has 0 unspecified atom stereocenters. The van der Waals surface area contributed by atoms with Gasteiger partial charge in [-0.05, 0) is 17.7 Å². The second-order valence-electron chi connectivity index (χ2n) is 5.79. The van der Waals surface area contributed by atoms with Crippen molar-refractivity contribution >= 4 is 11.6 Å². The molecule has 3 N–H and O–H groups in total. The molecule has 0 aliphatic carbocycles. The molecule has 0 saturated carbocycles. The van der Waals surface area contributed by atoms with E-state index in [0.29, 0.717) is 12.2 Å². The van der Waals surface area contributed by atoms with Crippen LogP contribution in [0, 0.1) is 0 Å². The maximum atomic E-state index is 12.0. The standard InChI is InChI=1S/C17H21N3O/c1-17(2,13-6-4-3-5-7-13)12-20-16(21)10-15-9-8-14(18)11-19-15/h3-9,11H,10,12,18H2,1-2H3,(H,20,21). The predicted octanol–water partition coefficient (Wildman–Crippen LogP) is 2.30. The lowest BCUT2D eigenvalue weighted by atomic mass is 9.84. The van der Waals surface area contributed by atoms with Crippen LogP contribution in [0.1, 0.15) is 25.1 Å². The highest BCUT2D eigenvalue weighted by atomic mass is 16.1. The SMILES string of the molecule is CC(C)(CNC(=O)Cc1ccc(N)cn1)c1ccccc1. The van der Waals surface area contributed by atoms with Crippen molar-refractivity contribution in [2.45, 2.75) is 25.7 Å². The van der Waals surface area contributed by atoms with E-state index in [-0.39, 0.29) is 17.7 Å². The van der Waals surface area contributed by atoms with Gasteiger partial charge in [0.25, 0.3) is 0 Å². The van der Waals surface area contributed by atoms with Crippen LogP contribution in [0.15, 0.2) is 48.7 Å². The van der Waals surface area contributed by atoms with Gasteiger partial charge in [-0.2, -0.15) is 0 Å². The number of rotatable bonds is 5. The van der Waals surface area contributed by atoms with Crippen LogP contribution in [-0.4, -0.2) is 17.4 Å².